The second-order valence-corrected chi connectivity index (χ2v) is 5.70. The lowest BCUT2D eigenvalue weighted by Gasteiger charge is -2.12. The van der Waals surface area contributed by atoms with E-state index in [-0.39, 0.29) is 11.5 Å². The molecule has 6 nitrogen and oxygen atoms in total. The molecule has 2 aromatic rings. The van der Waals surface area contributed by atoms with Crippen molar-refractivity contribution in [2.24, 2.45) is 0 Å². The molecule has 22 heavy (non-hydrogen) atoms. The molecule has 1 aromatic carbocycles. The summed E-state index contributed by atoms with van der Waals surface area (Å²) in [4.78, 5) is 34.3. The lowest BCUT2D eigenvalue weighted by atomic mass is 10.1. The fourth-order valence-corrected chi connectivity index (χ4v) is 2.60. The Balaban J connectivity index is 2.12. The third-order valence-electron chi connectivity index (χ3n) is 2.99. The maximum Gasteiger partial charge on any atom is 0.348 e. The van der Waals surface area contributed by atoms with Crippen LogP contribution in [-0.2, 0) is 4.74 Å². The minimum Gasteiger partial charge on any atom is -0.454 e. The number of nitro benzene ring substituents is 1. The van der Waals surface area contributed by atoms with Crippen LogP contribution in [0.25, 0.3) is 0 Å². The molecule has 0 aliphatic heterocycles. The lowest BCUT2D eigenvalue weighted by molar-refractivity contribution is -0.385. The predicted octanol–water partition coefficient (Wildman–Crippen LogP) is 3.78. The van der Waals surface area contributed by atoms with Crippen LogP contribution >= 0.6 is 11.3 Å². The number of hydrogen-bond acceptors (Lipinski definition) is 6. The minimum atomic E-state index is -0.629. The summed E-state index contributed by atoms with van der Waals surface area (Å²) >= 11 is 1.06. The Morgan fingerprint density at radius 3 is 2.50 bits per heavy atom. The zero-order valence-corrected chi connectivity index (χ0v) is 12.8. The molecule has 0 saturated carbocycles. The largest absolute Gasteiger partial charge is 0.454 e. The molecule has 1 atom stereocenters. The van der Waals surface area contributed by atoms with Gasteiger partial charge in [0.2, 0.25) is 0 Å². The van der Waals surface area contributed by atoms with Crippen molar-refractivity contribution in [3.05, 3.63) is 61.8 Å². The highest BCUT2D eigenvalue weighted by atomic mass is 32.1. The van der Waals surface area contributed by atoms with E-state index in [4.69, 9.17) is 4.74 Å². The van der Waals surface area contributed by atoms with Crippen LogP contribution in [0.1, 0.15) is 44.9 Å². The average Bonchev–Trinajstić information content (AvgIpc) is 2.97. The van der Waals surface area contributed by atoms with Gasteiger partial charge in [-0.1, -0.05) is 12.1 Å². The summed E-state index contributed by atoms with van der Waals surface area (Å²) in [6.07, 6.45) is -0.629. The molecule has 0 amide bonds. The van der Waals surface area contributed by atoms with Crippen LogP contribution in [0.4, 0.5) is 5.69 Å². The second-order valence-electron chi connectivity index (χ2n) is 4.62. The van der Waals surface area contributed by atoms with Gasteiger partial charge < -0.3 is 4.74 Å². The van der Waals surface area contributed by atoms with Crippen molar-refractivity contribution >= 4 is 28.8 Å². The monoisotopic (exact) mass is 319 g/mol. The number of non-ortho nitro benzene ring substituents is 1. The first-order valence-corrected chi connectivity index (χ1v) is 7.26. The van der Waals surface area contributed by atoms with Gasteiger partial charge in [0.15, 0.2) is 5.78 Å². The highest BCUT2D eigenvalue weighted by Gasteiger charge is 2.18. The Morgan fingerprint density at radius 1 is 1.23 bits per heavy atom. The molecule has 0 aliphatic carbocycles. The SMILES string of the molecule is CC(=O)c1ccc(C(=O)OC(C)c2cccc([N+](=O)[O-])c2)s1. The van der Waals surface area contributed by atoms with Crippen LogP contribution in [0.3, 0.4) is 0 Å². The van der Waals surface area contributed by atoms with E-state index >= 15 is 0 Å². The number of esters is 1. The Hall–Kier alpha value is -2.54. The van der Waals surface area contributed by atoms with E-state index in [1.807, 2.05) is 0 Å². The Kier molecular flexibility index (Phi) is 4.67. The number of rotatable bonds is 5. The van der Waals surface area contributed by atoms with E-state index in [0.29, 0.717) is 15.3 Å². The van der Waals surface area contributed by atoms with Crippen molar-refractivity contribution in [1.82, 2.24) is 0 Å². The number of carbonyl (C=O) groups excluding carboxylic acids is 2. The summed E-state index contributed by atoms with van der Waals surface area (Å²) in [7, 11) is 0. The highest BCUT2D eigenvalue weighted by Crippen LogP contribution is 2.25. The molecule has 0 N–H and O–H groups in total. The normalized spacial score (nSPS) is 11.7. The van der Waals surface area contributed by atoms with Gasteiger partial charge in [0.25, 0.3) is 5.69 Å². The van der Waals surface area contributed by atoms with Crippen LogP contribution in [0.5, 0.6) is 0 Å². The van der Waals surface area contributed by atoms with E-state index in [1.165, 1.54) is 31.2 Å². The first kappa shape index (κ1) is 15.8. The van der Waals surface area contributed by atoms with Crippen LogP contribution in [0.15, 0.2) is 36.4 Å². The van der Waals surface area contributed by atoms with Gasteiger partial charge in [-0.25, -0.2) is 4.79 Å². The van der Waals surface area contributed by atoms with E-state index in [2.05, 4.69) is 0 Å². The van der Waals surface area contributed by atoms with Crippen molar-refractivity contribution < 1.29 is 19.2 Å². The van der Waals surface area contributed by atoms with Gasteiger partial charge in [0.1, 0.15) is 11.0 Å². The number of hydrogen-bond donors (Lipinski definition) is 0. The van der Waals surface area contributed by atoms with E-state index in [0.717, 1.165) is 11.3 Å². The summed E-state index contributed by atoms with van der Waals surface area (Å²) in [5, 5.41) is 10.8. The maximum absolute atomic E-state index is 12.0. The fraction of sp³-hybridized carbons (Fsp3) is 0.200. The first-order valence-electron chi connectivity index (χ1n) is 6.44. The minimum absolute atomic E-state index is 0.0598. The highest BCUT2D eigenvalue weighted by molar-refractivity contribution is 7.15. The summed E-state index contributed by atoms with van der Waals surface area (Å²) < 4.78 is 5.29. The zero-order chi connectivity index (χ0) is 16.3. The van der Waals surface area contributed by atoms with Crippen molar-refractivity contribution in [3.63, 3.8) is 0 Å². The van der Waals surface area contributed by atoms with Gasteiger partial charge in [0.05, 0.1) is 9.80 Å². The van der Waals surface area contributed by atoms with Crippen LogP contribution < -0.4 is 0 Å². The Bertz CT molecular complexity index is 737. The first-order chi connectivity index (χ1) is 10.4. The average molecular weight is 319 g/mol. The fourth-order valence-electron chi connectivity index (χ4n) is 1.81. The second kappa shape index (κ2) is 6.48. The number of carbonyl (C=O) groups is 2. The van der Waals surface area contributed by atoms with Crippen molar-refractivity contribution in [3.8, 4) is 0 Å². The Morgan fingerprint density at radius 2 is 1.91 bits per heavy atom. The molecule has 0 spiro atoms. The standard InChI is InChI=1S/C15H13NO5S/c1-9(17)13-6-7-14(22-13)15(18)21-10(2)11-4-3-5-12(8-11)16(19)20/h3-8,10H,1-2H3. The van der Waals surface area contributed by atoms with Crippen molar-refractivity contribution in [2.45, 2.75) is 20.0 Å². The number of ketones is 1. The molecular formula is C15H13NO5S. The molecule has 2 rings (SSSR count). The number of thiophene rings is 1. The van der Waals surface area contributed by atoms with E-state index in [1.54, 1.807) is 19.1 Å². The Labute approximate surface area is 130 Å². The lowest BCUT2D eigenvalue weighted by Crippen LogP contribution is -2.08. The quantitative estimate of drug-likeness (QED) is 0.362. The molecule has 1 heterocycles. The number of Topliss-reactive ketones (excluding diaryl/α,β-unsaturated/α-hetero) is 1. The maximum atomic E-state index is 12.0. The molecule has 0 fully saturated rings. The van der Waals surface area contributed by atoms with Gasteiger partial charge in [0, 0.05) is 12.1 Å². The molecule has 1 aromatic heterocycles. The topological polar surface area (TPSA) is 86.5 Å². The van der Waals surface area contributed by atoms with Crippen molar-refractivity contribution in [2.75, 3.05) is 0 Å². The smallest absolute Gasteiger partial charge is 0.348 e. The predicted molar refractivity (Wildman–Crippen MR) is 81.3 cm³/mol. The summed E-state index contributed by atoms with van der Waals surface area (Å²) in [6.45, 7) is 3.06. The van der Waals surface area contributed by atoms with E-state index < -0.39 is 17.0 Å². The van der Waals surface area contributed by atoms with Crippen LogP contribution in [0.2, 0.25) is 0 Å². The van der Waals surface area contributed by atoms with Gasteiger partial charge in [-0.15, -0.1) is 11.3 Å². The third kappa shape index (κ3) is 3.56. The number of nitro groups is 1. The molecule has 0 radical (unpaired) electrons. The van der Waals surface area contributed by atoms with Gasteiger partial charge in [-0.2, -0.15) is 0 Å². The van der Waals surface area contributed by atoms with Crippen LogP contribution in [0, 0.1) is 10.1 Å². The molecule has 0 bridgehead atoms. The van der Waals surface area contributed by atoms with Gasteiger partial charge >= 0.3 is 5.97 Å². The molecular weight excluding hydrogens is 306 g/mol. The van der Waals surface area contributed by atoms with Gasteiger partial charge in [-0.3, -0.25) is 14.9 Å². The van der Waals surface area contributed by atoms with Crippen LogP contribution in [-0.4, -0.2) is 16.7 Å². The molecule has 0 aliphatic rings. The molecule has 0 saturated heterocycles. The third-order valence-corrected chi connectivity index (χ3v) is 4.15. The number of benzene rings is 1. The van der Waals surface area contributed by atoms with E-state index in [9.17, 15) is 19.7 Å². The van der Waals surface area contributed by atoms with Gasteiger partial charge in [-0.05, 0) is 31.5 Å². The summed E-state index contributed by atoms with van der Waals surface area (Å²) in [5.74, 6) is -0.674. The molecule has 114 valence electrons. The number of nitrogens with zero attached hydrogens (tertiary/aromatic N) is 1. The molecule has 7 heteroatoms. The van der Waals surface area contributed by atoms with Crippen molar-refractivity contribution in [1.29, 1.82) is 0 Å². The molecule has 1 unspecified atom stereocenters. The number of ether oxygens (including phenoxy) is 1. The summed E-state index contributed by atoms with van der Waals surface area (Å²) in [5.41, 5.74) is 0.473. The zero-order valence-electron chi connectivity index (χ0n) is 11.9. The summed E-state index contributed by atoms with van der Waals surface area (Å²) in [6, 6.07) is 9.03.